The second-order valence-electron chi connectivity index (χ2n) is 9.73. The number of hydrogen-bond donors (Lipinski definition) is 2. The molecule has 1 aliphatic carbocycles. The van der Waals surface area contributed by atoms with E-state index < -0.39 is 6.04 Å². The number of carbonyl (C=O) groups excluding carboxylic acids is 3. The number of ether oxygens (including phenoxy) is 1. The highest BCUT2D eigenvalue weighted by atomic mass is 35.5. The summed E-state index contributed by atoms with van der Waals surface area (Å²) in [5, 5.41) is 6.45. The van der Waals surface area contributed by atoms with Gasteiger partial charge >= 0.3 is 0 Å². The molecule has 0 radical (unpaired) electrons. The summed E-state index contributed by atoms with van der Waals surface area (Å²) in [5.74, 6) is 0.165. The molecule has 40 heavy (non-hydrogen) atoms. The minimum Gasteiger partial charge on any atom is -0.492 e. The molecule has 1 aromatic heterocycles. The van der Waals surface area contributed by atoms with Crippen molar-refractivity contribution >= 4 is 40.8 Å². The van der Waals surface area contributed by atoms with Crippen LogP contribution in [0.4, 0.5) is 11.5 Å². The largest absolute Gasteiger partial charge is 0.492 e. The third kappa shape index (κ3) is 7.82. The molecule has 4 rings (SSSR count). The van der Waals surface area contributed by atoms with Crippen molar-refractivity contribution in [2.75, 3.05) is 16.8 Å². The van der Waals surface area contributed by atoms with E-state index in [1.54, 1.807) is 60.8 Å². The lowest BCUT2D eigenvalue weighted by atomic mass is 10.0. The van der Waals surface area contributed by atoms with Crippen molar-refractivity contribution in [1.82, 2.24) is 10.3 Å². The molecular formula is C31H35ClN4O4. The van der Waals surface area contributed by atoms with Crippen LogP contribution >= 0.6 is 11.6 Å². The molecule has 0 aliphatic heterocycles. The van der Waals surface area contributed by atoms with E-state index in [0.29, 0.717) is 40.9 Å². The summed E-state index contributed by atoms with van der Waals surface area (Å²) in [4.78, 5) is 46.0. The summed E-state index contributed by atoms with van der Waals surface area (Å²) in [7, 11) is 0. The number of pyridine rings is 1. The van der Waals surface area contributed by atoms with Crippen molar-refractivity contribution in [3.8, 4) is 5.75 Å². The maximum atomic E-state index is 14.0. The number of rotatable bonds is 12. The zero-order chi connectivity index (χ0) is 28.3. The Hall–Kier alpha value is -3.91. The molecule has 1 aliphatic rings. The lowest BCUT2D eigenvalue weighted by Gasteiger charge is -2.33. The highest BCUT2D eigenvalue weighted by molar-refractivity contribution is 6.30. The standard InChI is InChI=1S/C31H35ClN4O4/c1-2-40-26-13-6-5-12-25(26)36(29(38)16-9-15-28(37)35-27-14-7-8-21-33-27)30(22-17-19-23(32)20-18-22)31(39)34-24-10-3-4-11-24/h5-8,12-14,17-21,24,30H,2-4,9-11,15-16H2,1H3,(H,34,39)(H,33,35,37)/t30-/m0/s1. The lowest BCUT2D eigenvalue weighted by Crippen LogP contribution is -2.46. The number of halogens is 1. The van der Waals surface area contributed by atoms with Gasteiger partial charge in [0.1, 0.15) is 17.6 Å². The fourth-order valence-corrected chi connectivity index (χ4v) is 5.05. The van der Waals surface area contributed by atoms with E-state index in [2.05, 4.69) is 15.6 Å². The molecule has 210 valence electrons. The van der Waals surface area contributed by atoms with Gasteiger partial charge in [-0.1, -0.05) is 54.8 Å². The van der Waals surface area contributed by atoms with E-state index in [1.807, 2.05) is 19.1 Å². The summed E-state index contributed by atoms with van der Waals surface area (Å²) in [5.41, 5.74) is 1.13. The Balaban J connectivity index is 1.62. The first-order valence-electron chi connectivity index (χ1n) is 13.8. The highest BCUT2D eigenvalue weighted by Crippen LogP contribution is 2.36. The first-order valence-corrected chi connectivity index (χ1v) is 14.1. The average Bonchev–Trinajstić information content (AvgIpc) is 3.46. The zero-order valence-corrected chi connectivity index (χ0v) is 23.4. The fraction of sp³-hybridized carbons (Fsp3) is 0.355. The molecule has 1 fully saturated rings. The maximum Gasteiger partial charge on any atom is 0.248 e. The quantitative estimate of drug-likeness (QED) is 0.279. The molecule has 8 nitrogen and oxygen atoms in total. The van der Waals surface area contributed by atoms with Gasteiger partial charge in [-0.3, -0.25) is 19.3 Å². The van der Waals surface area contributed by atoms with Crippen LogP contribution in [0.3, 0.4) is 0 Å². The third-order valence-corrected chi connectivity index (χ3v) is 7.07. The lowest BCUT2D eigenvalue weighted by molar-refractivity contribution is -0.127. The third-order valence-electron chi connectivity index (χ3n) is 6.81. The number of para-hydroxylation sites is 2. The Morgan fingerprint density at radius 2 is 1.73 bits per heavy atom. The molecular weight excluding hydrogens is 528 g/mol. The van der Waals surface area contributed by atoms with Gasteiger partial charge in [-0.2, -0.15) is 0 Å². The molecule has 3 aromatic rings. The van der Waals surface area contributed by atoms with Gasteiger partial charge in [-0.25, -0.2) is 4.98 Å². The van der Waals surface area contributed by atoms with E-state index in [1.165, 1.54) is 4.90 Å². The van der Waals surface area contributed by atoms with Crippen LogP contribution in [0.5, 0.6) is 5.75 Å². The normalized spacial score (nSPS) is 13.8. The van der Waals surface area contributed by atoms with Crippen molar-refractivity contribution < 1.29 is 19.1 Å². The number of anilines is 2. The minimum atomic E-state index is -0.950. The van der Waals surface area contributed by atoms with E-state index >= 15 is 0 Å². The predicted octanol–water partition coefficient (Wildman–Crippen LogP) is 6.08. The van der Waals surface area contributed by atoms with Gasteiger partial charge in [0.05, 0.1) is 12.3 Å². The minimum absolute atomic E-state index is 0.0525. The monoisotopic (exact) mass is 562 g/mol. The molecule has 0 spiro atoms. The van der Waals surface area contributed by atoms with Crippen LogP contribution in [0.1, 0.15) is 63.5 Å². The molecule has 0 saturated heterocycles. The Morgan fingerprint density at radius 1 is 1.00 bits per heavy atom. The van der Waals surface area contributed by atoms with Crippen LogP contribution < -0.4 is 20.3 Å². The Labute approximate surface area is 240 Å². The van der Waals surface area contributed by atoms with Gasteiger partial charge in [0.2, 0.25) is 17.7 Å². The van der Waals surface area contributed by atoms with Crippen molar-refractivity contribution in [2.24, 2.45) is 0 Å². The number of nitrogens with zero attached hydrogens (tertiary/aromatic N) is 2. The van der Waals surface area contributed by atoms with E-state index in [4.69, 9.17) is 16.3 Å². The molecule has 0 bridgehead atoms. The Morgan fingerprint density at radius 3 is 2.42 bits per heavy atom. The van der Waals surface area contributed by atoms with E-state index in [-0.39, 0.29) is 36.6 Å². The number of nitrogens with one attached hydrogen (secondary N) is 2. The molecule has 1 heterocycles. The van der Waals surface area contributed by atoms with Gasteiger partial charge < -0.3 is 15.4 Å². The van der Waals surface area contributed by atoms with Crippen LogP contribution in [-0.2, 0) is 14.4 Å². The smallest absolute Gasteiger partial charge is 0.248 e. The summed E-state index contributed by atoms with van der Waals surface area (Å²) < 4.78 is 5.88. The topological polar surface area (TPSA) is 101 Å². The van der Waals surface area contributed by atoms with E-state index in [0.717, 1.165) is 25.7 Å². The van der Waals surface area contributed by atoms with E-state index in [9.17, 15) is 14.4 Å². The molecule has 2 N–H and O–H groups in total. The molecule has 1 saturated carbocycles. The number of benzene rings is 2. The van der Waals surface area contributed by atoms with Crippen molar-refractivity contribution in [3.63, 3.8) is 0 Å². The number of hydrogen-bond acceptors (Lipinski definition) is 5. The Bertz CT molecular complexity index is 1280. The second-order valence-corrected chi connectivity index (χ2v) is 10.2. The van der Waals surface area contributed by atoms with Gasteiger partial charge in [0.25, 0.3) is 0 Å². The predicted molar refractivity (Wildman–Crippen MR) is 156 cm³/mol. The zero-order valence-electron chi connectivity index (χ0n) is 22.6. The van der Waals surface area contributed by atoms with Gasteiger partial charge in [0.15, 0.2) is 0 Å². The van der Waals surface area contributed by atoms with Crippen molar-refractivity contribution in [2.45, 2.75) is 64.0 Å². The molecule has 9 heteroatoms. The van der Waals surface area contributed by atoms with Gasteiger partial charge in [0, 0.05) is 30.1 Å². The van der Waals surface area contributed by atoms with Crippen LogP contribution in [0.2, 0.25) is 5.02 Å². The first-order chi connectivity index (χ1) is 19.5. The van der Waals surface area contributed by atoms with Crippen molar-refractivity contribution in [3.05, 3.63) is 83.5 Å². The fourth-order valence-electron chi connectivity index (χ4n) is 4.93. The van der Waals surface area contributed by atoms with Gasteiger partial charge in [-0.15, -0.1) is 0 Å². The first kappa shape index (κ1) is 29.1. The molecule has 2 aromatic carbocycles. The van der Waals surface area contributed by atoms with Crippen LogP contribution in [-0.4, -0.2) is 35.4 Å². The summed E-state index contributed by atoms with van der Waals surface area (Å²) >= 11 is 6.17. The Kier molecular flexibility index (Phi) is 10.5. The number of aromatic nitrogens is 1. The molecule has 1 atom stereocenters. The van der Waals surface area contributed by atoms with Crippen LogP contribution in [0, 0.1) is 0 Å². The molecule has 3 amide bonds. The van der Waals surface area contributed by atoms with Crippen LogP contribution in [0.15, 0.2) is 72.9 Å². The van der Waals surface area contributed by atoms with Gasteiger partial charge in [-0.05, 0) is 68.1 Å². The average molecular weight is 563 g/mol. The maximum absolute atomic E-state index is 14.0. The second kappa shape index (κ2) is 14.5. The number of carbonyl (C=O) groups is 3. The summed E-state index contributed by atoms with van der Waals surface area (Å²) in [6, 6.07) is 18.5. The van der Waals surface area contributed by atoms with Crippen molar-refractivity contribution in [1.29, 1.82) is 0 Å². The van der Waals surface area contributed by atoms with Crippen LogP contribution in [0.25, 0.3) is 0 Å². The number of amides is 3. The summed E-state index contributed by atoms with van der Waals surface area (Å²) in [6.45, 7) is 2.26. The SMILES string of the molecule is CCOc1ccccc1N(C(=O)CCCC(=O)Nc1ccccn1)[C@H](C(=O)NC1CCCC1)c1ccc(Cl)cc1. The molecule has 0 unspecified atom stereocenters. The summed E-state index contributed by atoms with van der Waals surface area (Å²) in [6.07, 6.45) is 6.02. The highest BCUT2D eigenvalue weighted by Gasteiger charge is 2.35.